The van der Waals surface area contributed by atoms with Gasteiger partial charge in [0.2, 0.25) is 0 Å². The molecule has 0 spiro atoms. The largest absolute Gasteiger partial charge is 0.462 e. The molecule has 0 saturated heterocycles. The summed E-state index contributed by atoms with van der Waals surface area (Å²) in [4.78, 5) is 27.9. The number of carbonyl (C=O) groups is 2. The molecular formula is C46H78O4. The summed E-state index contributed by atoms with van der Waals surface area (Å²) in [7, 11) is 0. The zero-order valence-corrected chi connectivity index (χ0v) is 34.1. The maximum absolute atomic E-state index is 14.7. The summed E-state index contributed by atoms with van der Waals surface area (Å²) in [5.74, 6) is 1.75. The fraction of sp³-hybridized carbons (Fsp3) is 0.913. The third kappa shape index (κ3) is 7.09. The lowest BCUT2D eigenvalue weighted by molar-refractivity contribution is -0.243. The van der Waals surface area contributed by atoms with Gasteiger partial charge in [-0.25, -0.2) is 0 Å². The van der Waals surface area contributed by atoms with E-state index < -0.39 is 11.5 Å². The first-order valence-electron chi connectivity index (χ1n) is 21.7. The van der Waals surface area contributed by atoms with Crippen LogP contribution < -0.4 is 0 Å². The van der Waals surface area contributed by atoms with Crippen molar-refractivity contribution in [2.45, 2.75) is 209 Å². The molecule has 4 saturated carbocycles. The molecular weight excluding hydrogens is 617 g/mol. The number of hydrogen-bond donors (Lipinski definition) is 1. The van der Waals surface area contributed by atoms with Crippen LogP contribution >= 0.6 is 0 Å². The molecule has 5 aliphatic rings. The third-order valence-corrected chi connectivity index (χ3v) is 17.0. The standard InChI is InChI=1S/C46H78O4/c1-10-11-12-13-14-15-16-17-18-19-20-21-22-23-39(49)50-38-31-37(48)46(9)36(42(38,4)5)25-27-45(8)41(46)35(47)30-34-40-33(3)32(2)24-26-43(40,6)28-29-44(34,45)7/h30,32-33,36-38,40-41,48H,10-29,31H2,1-9H3/t32-,33+,36+,37+,38+,40+,41+,43-,44-,45-,46-/m1/s1. The third-order valence-electron chi connectivity index (χ3n) is 17.0. The Bertz CT molecular complexity index is 1220. The van der Waals surface area contributed by atoms with E-state index in [0.717, 1.165) is 32.1 Å². The van der Waals surface area contributed by atoms with Gasteiger partial charge in [-0.05, 0) is 90.9 Å². The molecule has 11 atom stereocenters. The van der Waals surface area contributed by atoms with E-state index in [0.29, 0.717) is 30.6 Å². The Hall–Kier alpha value is -1.16. The van der Waals surface area contributed by atoms with Gasteiger partial charge in [-0.15, -0.1) is 0 Å². The summed E-state index contributed by atoms with van der Waals surface area (Å²) >= 11 is 0. The molecule has 4 heteroatoms. The smallest absolute Gasteiger partial charge is 0.306 e. The zero-order chi connectivity index (χ0) is 36.5. The summed E-state index contributed by atoms with van der Waals surface area (Å²) in [5, 5.41) is 12.2. The van der Waals surface area contributed by atoms with Crippen LogP contribution in [0, 0.1) is 56.7 Å². The van der Waals surface area contributed by atoms with E-state index >= 15 is 0 Å². The molecule has 0 heterocycles. The Kier molecular flexibility index (Phi) is 12.5. The van der Waals surface area contributed by atoms with Gasteiger partial charge in [0, 0.05) is 29.6 Å². The summed E-state index contributed by atoms with van der Waals surface area (Å²) in [5.41, 5.74) is 0.609. The van der Waals surface area contributed by atoms with Crippen LogP contribution in [-0.2, 0) is 14.3 Å². The van der Waals surface area contributed by atoms with E-state index in [1.165, 1.54) is 95.5 Å². The van der Waals surface area contributed by atoms with Gasteiger partial charge in [0.1, 0.15) is 6.10 Å². The SMILES string of the molecule is CCCCCCCCCCCCCCCC(=O)O[C@H]1C[C@H](O)[C@]2(C)[C@H]3C(=O)C=C4[C@@H]5[C@@H](C)[C@H](C)CC[C@]5(C)CC[C@@]4(C)[C@]3(C)CC[C@H]2C1(C)C. The molecule has 0 unspecified atom stereocenters. The summed E-state index contributed by atoms with van der Waals surface area (Å²) in [6, 6.07) is 0. The minimum Gasteiger partial charge on any atom is -0.462 e. The zero-order valence-electron chi connectivity index (χ0n) is 34.1. The normalized spacial score (nSPS) is 42.1. The Labute approximate surface area is 308 Å². The van der Waals surface area contributed by atoms with Crippen LogP contribution in [0.2, 0.25) is 0 Å². The van der Waals surface area contributed by atoms with Crippen molar-refractivity contribution in [3.63, 3.8) is 0 Å². The van der Waals surface area contributed by atoms with Gasteiger partial charge in [0.15, 0.2) is 5.78 Å². The average Bonchev–Trinajstić information content (AvgIpc) is 3.05. The number of rotatable bonds is 15. The van der Waals surface area contributed by atoms with Crippen molar-refractivity contribution in [1.82, 2.24) is 0 Å². The number of aliphatic hydroxyl groups excluding tert-OH is 1. The molecule has 5 aliphatic carbocycles. The summed E-state index contributed by atoms with van der Waals surface area (Å²) < 4.78 is 6.27. The molecule has 4 fully saturated rings. The predicted molar refractivity (Wildman–Crippen MR) is 207 cm³/mol. The van der Waals surface area contributed by atoms with Crippen LogP contribution in [0.15, 0.2) is 11.6 Å². The van der Waals surface area contributed by atoms with Crippen LogP contribution in [-0.4, -0.2) is 29.1 Å². The molecule has 4 nitrogen and oxygen atoms in total. The number of carbonyl (C=O) groups excluding carboxylic acids is 2. The highest BCUT2D eigenvalue weighted by Gasteiger charge is 2.72. The molecule has 286 valence electrons. The van der Waals surface area contributed by atoms with Crippen molar-refractivity contribution < 1.29 is 19.4 Å². The number of hydrogen-bond acceptors (Lipinski definition) is 4. The minimum atomic E-state index is -0.677. The van der Waals surface area contributed by atoms with Crippen molar-refractivity contribution in [1.29, 1.82) is 0 Å². The molecule has 0 amide bonds. The predicted octanol–water partition coefficient (Wildman–Crippen LogP) is 12.2. The highest BCUT2D eigenvalue weighted by atomic mass is 16.5. The average molecular weight is 695 g/mol. The number of unbranched alkanes of at least 4 members (excludes halogenated alkanes) is 12. The highest BCUT2D eigenvalue weighted by molar-refractivity contribution is 5.95. The first-order valence-corrected chi connectivity index (χ1v) is 21.7. The molecule has 0 aromatic carbocycles. The topological polar surface area (TPSA) is 63.6 Å². The van der Waals surface area contributed by atoms with Crippen molar-refractivity contribution >= 4 is 11.8 Å². The second-order valence-electron chi connectivity index (χ2n) is 20.2. The maximum Gasteiger partial charge on any atom is 0.306 e. The van der Waals surface area contributed by atoms with Crippen LogP contribution in [0.1, 0.15) is 197 Å². The number of ketones is 1. The Morgan fingerprint density at radius 3 is 1.98 bits per heavy atom. The fourth-order valence-electron chi connectivity index (χ4n) is 13.3. The highest BCUT2D eigenvalue weighted by Crippen LogP contribution is 2.75. The number of fused-ring (bicyclic) bond motifs is 7. The van der Waals surface area contributed by atoms with Gasteiger partial charge < -0.3 is 9.84 Å². The molecule has 0 bridgehead atoms. The second kappa shape index (κ2) is 15.7. The van der Waals surface area contributed by atoms with Gasteiger partial charge in [-0.2, -0.15) is 0 Å². The Balaban J connectivity index is 1.18. The minimum absolute atomic E-state index is 0.0455. The van der Waals surface area contributed by atoms with E-state index in [4.69, 9.17) is 4.74 Å². The van der Waals surface area contributed by atoms with E-state index in [1.54, 1.807) is 0 Å². The lowest BCUT2D eigenvalue weighted by Gasteiger charge is -2.71. The van der Waals surface area contributed by atoms with Crippen LogP contribution in [0.25, 0.3) is 0 Å². The van der Waals surface area contributed by atoms with Gasteiger partial charge in [-0.3, -0.25) is 9.59 Å². The fourth-order valence-corrected chi connectivity index (χ4v) is 13.3. The summed E-state index contributed by atoms with van der Waals surface area (Å²) in [6.45, 7) is 21.3. The van der Waals surface area contributed by atoms with E-state index in [2.05, 4.69) is 68.4 Å². The Morgan fingerprint density at radius 1 is 0.800 bits per heavy atom. The molecule has 5 rings (SSSR count). The van der Waals surface area contributed by atoms with Gasteiger partial charge in [-0.1, -0.05) is 145 Å². The van der Waals surface area contributed by atoms with Crippen molar-refractivity contribution in [2.24, 2.45) is 56.7 Å². The van der Waals surface area contributed by atoms with Crippen molar-refractivity contribution in [2.75, 3.05) is 0 Å². The molecule has 0 radical (unpaired) electrons. The maximum atomic E-state index is 14.7. The van der Waals surface area contributed by atoms with E-state index in [1.807, 2.05) is 0 Å². The number of allylic oxidation sites excluding steroid dienone is 2. The molecule has 0 aromatic rings. The second-order valence-corrected chi connectivity index (χ2v) is 20.2. The molecule has 50 heavy (non-hydrogen) atoms. The molecule has 1 N–H and O–H groups in total. The van der Waals surface area contributed by atoms with Crippen LogP contribution in [0.5, 0.6) is 0 Å². The van der Waals surface area contributed by atoms with Gasteiger partial charge in [0.25, 0.3) is 0 Å². The van der Waals surface area contributed by atoms with Crippen LogP contribution in [0.4, 0.5) is 0 Å². The molecule has 0 aliphatic heterocycles. The Morgan fingerprint density at radius 2 is 1.38 bits per heavy atom. The van der Waals surface area contributed by atoms with E-state index in [-0.39, 0.29) is 51.4 Å². The van der Waals surface area contributed by atoms with Crippen molar-refractivity contribution in [3.8, 4) is 0 Å². The molecule has 0 aromatic heterocycles. The quantitative estimate of drug-likeness (QED) is 0.137. The first-order chi connectivity index (χ1) is 23.6. The number of ether oxygens (including phenoxy) is 1. The monoisotopic (exact) mass is 695 g/mol. The lowest BCUT2D eigenvalue weighted by atomic mass is 9.33. The van der Waals surface area contributed by atoms with Crippen molar-refractivity contribution in [3.05, 3.63) is 11.6 Å². The number of aliphatic hydroxyl groups is 1. The van der Waals surface area contributed by atoms with Crippen LogP contribution in [0.3, 0.4) is 0 Å². The first kappa shape index (κ1) is 40.0. The lowest BCUT2D eigenvalue weighted by Crippen LogP contribution is -2.70. The number of esters is 1. The van der Waals surface area contributed by atoms with Gasteiger partial charge >= 0.3 is 5.97 Å². The van der Waals surface area contributed by atoms with E-state index in [9.17, 15) is 14.7 Å². The van der Waals surface area contributed by atoms with Gasteiger partial charge in [0.05, 0.1) is 6.10 Å². The summed E-state index contributed by atoms with van der Waals surface area (Å²) in [6.07, 6.45) is 25.6.